The fourth-order valence-electron chi connectivity index (χ4n) is 0. The summed E-state index contributed by atoms with van der Waals surface area (Å²) in [6.45, 7) is 4.25. The van der Waals surface area contributed by atoms with Crippen molar-refractivity contribution >= 4 is 0 Å². The summed E-state index contributed by atoms with van der Waals surface area (Å²) in [4.78, 5) is 0. The van der Waals surface area contributed by atoms with E-state index in [0.29, 0.717) is 0 Å². The molecule has 0 aliphatic rings. The molecule has 0 radical (unpaired) electrons. The first-order valence-corrected chi connectivity index (χ1v) is 1.41. The van der Waals surface area contributed by atoms with Gasteiger partial charge < -0.3 is 0 Å². The fourth-order valence-corrected chi connectivity index (χ4v) is 0. The van der Waals surface area contributed by atoms with Crippen LogP contribution >= 0.6 is 0 Å². The van der Waals surface area contributed by atoms with Crippen molar-refractivity contribution in [3.8, 4) is 0 Å². The highest BCUT2D eigenvalue weighted by molar-refractivity contribution is 3.92. The average molecular weight is 164 g/mol. The van der Waals surface area contributed by atoms with Gasteiger partial charge >= 0.3 is 0 Å². The van der Waals surface area contributed by atoms with Crippen LogP contribution in [-0.2, 0) is 0 Å². The highest BCUT2D eigenvalue weighted by Gasteiger charge is 1.35. The Balaban J connectivity index is -0.00000000133. The summed E-state index contributed by atoms with van der Waals surface area (Å²) in [5, 5.41) is 0. The van der Waals surface area contributed by atoms with Crippen LogP contribution in [-0.4, -0.2) is 0 Å². The second-order valence-corrected chi connectivity index (χ2v) is 0.707. The van der Waals surface area contributed by atoms with E-state index in [1.807, 2.05) is 0 Å². The third-order valence-corrected chi connectivity index (χ3v) is 0. The van der Waals surface area contributed by atoms with Gasteiger partial charge in [-0.15, -0.1) is 0 Å². The van der Waals surface area contributed by atoms with Gasteiger partial charge in [0.15, 0.2) is 0 Å². The Morgan fingerprint density at radius 2 is 0.556 bits per heavy atom. The van der Waals surface area contributed by atoms with Gasteiger partial charge in [-0.05, 0) is 0 Å². The van der Waals surface area contributed by atoms with E-state index in [0.717, 1.165) is 0 Å². The van der Waals surface area contributed by atoms with Crippen LogP contribution in [0, 0.1) is 0 Å². The van der Waals surface area contributed by atoms with Gasteiger partial charge in [0.25, 0.3) is 0 Å². The molecule has 0 aromatic heterocycles. The molecule has 0 amide bonds. The summed E-state index contributed by atoms with van der Waals surface area (Å²) < 4.78 is 0. The maximum atomic E-state index is 2.12. The van der Waals surface area contributed by atoms with E-state index in [9.17, 15) is 0 Å². The van der Waals surface area contributed by atoms with Crippen LogP contribution in [0.1, 0.15) is 20.3 Å². The van der Waals surface area contributed by atoms with Gasteiger partial charge in [-0.3, -0.25) is 28.2 Å². The molecule has 0 atom stereocenters. The minimum atomic E-state index is 0. The maximum Gasteiger partial charge on any atom is -0.0590 e. The Morgan fingerprint density at radius 3 is 0.556 bits per heavy atom. The molecule has 0 nitrogen and oxygen atoms in total. The highest BCUT2D eigenvalue weighted by atomic mass is 19.0. The highest BCUT2D eigenvalue weighted by Crippen LogP contribution is 1.56. The van der Waals surface area contributed by atoms with Gasteiger partial charge in [-0.25, -0.2) is 0 Å². The quantitative estimate of drug-likeness (QED) is 0.482. The fraction of sp³-hybridized carbons (Fsp3) is 1.00. The Labute approximate surface area is 49.8 Å². The Hall–Kier alpha value is -0.420. The van der Waals surface area contributed by atoms with Crippen LogP contribution in [0.25, 0.3) is 0 Å². The molecule has 68 valence electrons. The molecule has 0 saturated carbocycles. The molecule has 0 unspecified atom stereocenters. The molecule has 0 aromatic rings. The first-order valence-electron chi connectivity index (χ1n) is 1.41. The molecule has 0 spiro atoms. The summed E-state index contributed by atoms with van der Waals surface area (Å²) in [7, 11) is 0. The molecular weight excluding hydrogens is 150 g/mol. The zero-order valence-electron chi connectivity index (χ0n) is 5.16. The van der Waals surface area contributed by atoms with E-state index in [1.165, 1.54) is 6.42 Å². The molecule has 6 heteroatoms. The summed E-state index contributed by atoms with van der Waals surface area (Å²) in [5.41, 5.74) is 0. The van der Waals surface area contributed by atoms with E-state index < -0.39 is 0 Å². The van der Waals surface area contributed by atoms with Gasteiger partial charge in [0.2, 0.25) is 0 Å². The monoisotopic (exact) mass is 164 g/mol. The molecule has 9 heavy (non-hydrogen) atoms. The SMILES string of the molecule is CCC.F.F.F.F.F.F. The standard InChI is InChI=1S/C3H8.6FH/c1-3-2;;;;;;/h3H2,1-2H3;6*1H. The molecule has 0 aliphatic heterocycles. The average Bonchev–Trinajstić information content (AvgIpc) is 0.918. The minimum absolute atomic E-state index is 0. The molecule has 0 heterocycles. The lowest BCUT2D eigenvalue weighted by atomic mass is 10.6. The van der Waals surface area contributed by atoms with Crippen LogP contribution in [0.2, 0.25) is 0 Å². The van der Waals surface area contributed by atoms with Crippen molar-refractivity contribution in [1.29, 1.82) is 0 Å². The summed E-state index contributed by atoms with van der Waals surface area (Å²) >= 11 is 0. The number of hydrogen-bond acceptors (Lipinski definition) is 0. The van der Waals surface area contributed by atoms with Crippen LogP contribution < -0.4 is 0 Å². The predicted molar refractivity (Wildman–Crippen MR) is 31.0 cm³/mol. The largest absolute Gasteiger partial charge is 0.269 e. The minimum Gasteiger partial charge on any atom is -0.269 e. The van der Waals surface area contributed by atoms with E-state index in [1.54, 1.807) is 0 Å². The zero-order chi connectivity index (χ0) is 2.71. The third kappa shape index (κ3) is 1340. The van der Waals surface area contributed by atoms with E-state index >= 15 is 0 Å². The maximum absolute atomic E-state index is 2.12. The third-order valence-electron chi connectivity index (χ3n) is 0. The van der Waals surface area contributed by atoms with Crippen molar-refractivity contribution in [2.75, 3.05) is 0 Å². The summed E-state index contributed by atoms with van der Waals surface area (Å²) in [5.74, 6) is 0. The summed E-state index contributed by atoms with van der Waals surface area (Å²) in [6.07, 6.45) is 1.25. The number of hydrogen-bond donors (Lipinski definition) is 0. The lowest BCUT2D eigenvalue weighted by molar-refractivity contribution is 1.09. The molecule has 0 aliphatic carbocycles. The van der Waals surface area contributed by atoms with Crippen LogP contribution in [0.15, 0.2) is 0 Å². The molecule has 0 saturated heterocycles. The van der Waals surface area contributed by atoms with Crippen LogP contribution in [0.5, 0.6) is 0 Å². The van der Waals surface area contributed by atoms with Crippen molar-refractivity contribution in [2.24, 2.45) is 0 Å². The molecule has 0 rings (SSSR count). The lowest BCUT2D eigenvalue weighted by Gasteiger charge is -1.48. The lowest BCUT2D eigenvalue weighted by Crippen LogP contribution is -1.27. The molecular formula is C3H14F6. The van der Waals surface area contributed by atoms with Crippen molar-refractivity contribution < 1.29 is 28.2 Å². The molecule has 0 fully saturated rings. The first kappa shape index (κ1) is 197. The van der Waals surface area contributed by atoms with E-state index in [4.69, 9.17) is 0 Å². The molecule has 0 aromatic carbocycles. The van der Waals surface area contributed by atoms with Crippen molar-refractivity contribution in [3.05, 3.63) is 0 Å². The van der Waals surface area contributed by atoms with Gasteiger partial charge in [-0.1, -0.05) is 20.3 Å². The number of rotatable bonds is 0. The van der Waals surface area contributed by atoms with E-state index in [-0.39, 0.29) is 28.2 Å². The normalized spacial score (nSPS) is 2.00. The zero-order valence-corrected chi connectivity index (χ0v) is 5.16. The second kappa shape index (κ2) is 976. The van der Waals surface area contributed by atoms with Gasteiger partial charge in [0.05, 0.1) is 0 Å². The van der Waals surface area contributed by atoms with Crippen LogP contribution in [0.3, 0.4) is 0 Å². The Bertz CT molecular complexity index is 8.26. The first-order chi connectivity index (χ1) is 1.41. The van der Waals surface area contributed by atoms with E-state index in [2.05, 4.69) is 13.8 Å². The predicted octanol–water partition coefficient (Wildman–Crippen LogP) is 2.33. The second-order valence-electron chi connectivity index (χ2n) is 0.707. The van der Waals surface area contributed by atoms with Crippen molar-refractivity contribution in [1.82, 2.24) is 0 Å². The van der Waals surface area contributed by atoms with Crippen LogP contribution in [0.4, 0.5) is 28.2 Å². The van der Waals surface area contributed by atoms with Crippen molar-refractivity contribution in [3.63, 3.8) is 0 Å². The number of halogens is 6. The Kier molecular flexibility index (Phi) is 21400. The van der Waals surface area contributed by atoms with Crippen molar-refractivity contribution in [2.45, 2.75) is 20.3 Å². The van der Waals surface area contributed by atoms with Gasteiger partial charge in [0.1, 0.15) is 0 Å². The summed E-state index contributed by atoms with van der Waals surface area (Å²) in [6, 6.07) is 0. The topological polar surface area (TPSA) is 0 Å². The smallest absolute Gasteiger partial charge is 0.0590 e. The van der Waals surface area contributed by atoms with Gasteiger partial charge in [0, 0.05) is 0 Å². The molecule has 0 bridgehead atoms. The molecule has 0 N–H and O–H groups in total. The Morgan fingerprint density at radius 1 is 0.556 bits per heavy atom. The van der Waals surface area contributed by atoms with Gasteiger partial charge in [-0.2, -0.15) is 0 Å².